The van der Waals surface area contributed by atoms with E-state index < -0.39 is 15.7 Å². The van der Waals surface area contributed by atoms with E-state index in [1.807, 2.05) is 0 Å². The zero-order valence-electron chi connectivity index (χ0n) is 10.8. The summed E-state index contributed by atoms with van der Waals surface area (Å²) < 4.78 is 24.8. The molecule has 0 fully saturated rings. The van der Waals surface area contributed by atoms with Gasteiger partial charge in [-0.1, -0.05) is 11.3 Å². The van der Waals surface area contributed by atoms with E-state index in [1.165, 1.54) is 18.3 Å². The number of aromatic nitrogens is 2. The second-order valence-corrected chi connectivity index (χ2v) is 7.29. The van der Waals surface area contributed by atoms with Crippen LogP contribution in [0.4, 0.5) is 5.13 Å². The fourth-order valence-corrected chi connectivity index (χ4v) is 3.77. The maximum absolute atomic E-state index is 12.3. The number of pyridine rings is 1. The first-order chi connectivity index (χ1) is 9.32. The highest BCUT2D eigenvalue weighted by atomic mass is 32.2. The topological polar surface area (TPSA) is 106 Å². The number of nitrogens with zero attached hydrogens (tertiary/aromatic N) is 3. The molecule has 0 aliphatic heterocycles. The van der Waals surface area contributed by atoms with Crippen molar-refractivity contribution in [1.29, 1.82) is 0 Å². The van der Waals surface area contributed by atoms with Crippen LogP contribution in [0.1, 0.15) is 10.5 Å². The number of amides is 1. The Morgan fingerprint density at radius 2 is 1.95 bits per heavy atom. The molecule has 2 aromatic heterocycles. The van der Waals surface area contributed by atoms with Crippen LogP contribution in [0, 0.1) is 0 Å². The smallest absolute Gasteiger partial charge is 0.267 e. The van der Waals surface area contributed by atoms with Crippen molar-refractivity contribution in [3.05, 3.63) is 30.2 Å². The zero-order chi connectivity index (χ0) is 14.9. The third kappa shape index (κ3) is 2.63. The average Bonchev–Trinajstić information content (AvgIpc) is 2.89. The molecule has 0 unspecified atom stereocenters. The summed E-state index contributed by atoms with van der Waals surface area (Å²) in [5.41, 5.74) is 5.07. The summed E-state index contributed by atoms with van der Waals surface area (Å²) >= 11 is 1.06. The third-order valence-corrected chi connectivity index (χ3v) is 5.78. The van der Waals surface area contributed by atoms with Gasteiger partial charge in [-0.2, -0.15) is 0 Å². The SMILES string of the molecule is CN(C)c1ncc(S(=O)(=O)c2ccc(C(N)=O)nc2)s1. The number of rotatable bonds is 4. The molecular weight excluding hydrogens is 300 g/mol. The van der Waals surface area contributed by atoms with Gasteiger partial charge < -0.3 is 10.6 Å². The molecule has 0 aliphatic rings. The summed E-state index contributed by atoms with van der Waals surface area (Å²) in [6.07, 6.45) is 2.42. The molecule has 9 heteroatoms. The van der Waals surface area contributed by atoms with Crippen LogP contribution in [-0.4, -0.2) is 38.4 Å². The van der Waals surface area contributed by atoms with Gasteiger partial charge in [-0.05, 0) is 12.1 Å². The molecule has 0 saturated carbocycles. The first-order valence-corrected chi connectivity index (χ1v) is 7.76. The number of hydrogen-bond donors (Lipinski definition) is 1. The molecule has 0 aliphatic carbocycles. The van der Waals surface area contributed by atoms with Crippen LogP contribution in [0.15, 0.2) is 33.6 Å². The van der Waals surface area contributed by atoms with Gasteiger partial charge in [0.05, 0.1) is 11.1 Å². The van der Waals surface area contributed by atoms with Crippen molar-refractivity contribution in [1.82, 2.24) is 9.97 Å². The summed E-state index contributed by atoms with van der Waals surface area (Å²) in [6, 6.07) is 2.58. The van der Waals surface area contributed by atoms with E-state index in [1.54, 1.807) is 19.0 Å². The molecule has 0 spiro atoms. The van der Waals surface area contributed by atoms with E-state index in [4.69, 9.17) is 5.73 Å². The molecule has 0 radical (unpaired) electrons. The fourth-order valence-electron chi connectivity index (χ4n) is 1.38. The normalized spacial score (nSPS) is 11.3. The highest BCUT2D eigenvalue weighted by Gasteiger charge is 2.22. The summed E-state index contributed by atoms with van der Waals surface area (Å²) in [5.74, 6) is -0.707. The number of hydrogen-bond acceptors (Lipinski definition) is 7. The molecule has 0 atom stereocenters. The summed E-state index contributed by atoms with van der Waals surface area (Å²) in [7, 11) is -0.127. The molecule has 2 rings (SSSR count). The Morgan fingerprint density at radius 3 is 2.40 bits per heavy atom. The minimum atomic E-state index is -3.68. The minimum Gasteiger partial charge on any atom is -0.364 e. The van der Waals surface area contributed by atoms with Gasteiger partial charge in [-0.25, -0.2) is 18.4 Å². The molecular formula is C11H12N4O3S2. The molecule has 0 bridgehead atoms. The van der Waals surface area contributed by atoms with Crippen LogP contribution >= 0.6 is 11.3 Å². The van der Waals surface area contributed by atoms with Crippen molar-refractivity contribution in [2.45, 2.75) is 9.10 Å². The Hall–Kier alpha value is -2.00. The van der Waals surface area contributed by atoms with Crippen LogP contribution in [0.25, 0.3) is 0 Å². The van der Waals surface area contributed by atoms with Crippen molar-refractivity contribution < 1.29 is 13.2 Å². The number of thiazole rings is 1. The molecule has 7 nitrogen and oxygen atoms in total. The number of anilines is 1. The second-order valence-electron chi connectivity index (χ2n) is 4.10. The third-order valence-electron chi connectivity index (χ3n) is 2.42. The Kier molecular flexibility index (Phi) is 3.73. The van der Waals surface area contributed by atoms with Gasteiger partial charge in [0.15, 0.2) is 5.13 Å². The van der Waals surface area contributed by atoms with Crippen LogP contribution in [0.5, 0.6) is 0 Å². The van der Waals surface area contributed by atoms with Gasteiger partial charge in [0.25, 0.3) is 5.91 Å². The maximum Gasteiger partial charge on any atom is 0.267 e. The van der Waals surface area contributed by atoms with E-state index in [0.717, 1.165) is 17.5 Å². The molecule has 1 amide bonds. The van der Waals surface area contributed by atoms with E-state index in [-0.39, 0.29) is 14.8 Å². The van der Waals surface area contributed by atoms with Gasteiger partial charge in [-0.3, -0.25) is 4.79 Å². The Morgan fingerprint density at radius 1 is 1.25 bits per heavy atom. The highest BCUT2D eigenvalue weighted by Crippen LogP contribution is 2.29. The van der Waals surface area contributed by atoms with Crippen molar-refractivity contribution in [2.24, 2.45) is 5.73 Å². The average molecular weight is 312 g/mol. The van der Waals surface area contributed by atoms with E-state index >= 15 is 0 Å². The Labute approximate surface area is 120 Å². The van der Waals surface area contributed by atoms with Crippen LogP contribution in [-0.2, 0) is 9.84 Å². The summed E-state index contributed by atoms with van der Waals surface area (Å²) in [5, 5.41) is 0.588. The van der Waals surface area contributed by atoms with Gasteiger partial charge in [0, 0.05) is 20.3 Å². The number of nitrogens with two attached hydrogens (primary N) is 1. The lowest BCUT2D eigenvalue weighted by atomic mass is 10.3. The second kappa shape index (κ2) is 5.17. The van der Waals surface area contributed by atoms with Crippen LogP contribution in [0.3, 0.4) is 0 Å². The van der Waals surface area contributed by atoms with Gasteiger partial charge in [-0.15, -0.1) is 0 Å². The lowest BCUT2D eigenvalue weighted by molar-refractivity contribution is 0.0995. The monoisotopic (exact) mass is 312 g/mol. The number of primary amides is 1. The lowest BCUT2D eigenvalue weighted by Crippen LogP contribution is -2.13. The molecule has 20 heavy (non-hydrogen) atoms. The lowest BCUT2D eigenvalue weighted by Gasteiger charge is -2.05. The minimum absolute atomic E-state index is 0.00328. The first kappa shape index (κ1) is 14.4. The molecule has 2 aromatic rings. The Bertz CT molecular complexity index is 735. The molecule has 2 N–H and O–H groups in total. The predicted octanol–water partition coefficient (Wildman–Crippen LogP) is 0.536. The van der Waals surface area contributed by atoms with E-state index in [9.17, 15) is 13.2 Å². The number of carbonyl (C=O) groups excluding carboxylic acids is 1. The molecule has 2 heterocycles. The maximum atomic E-state index is 12.3. The summed E-state index contributed by atoms with van der Waals surface area (Å²) in [6.45, 7) is 0. The van der Waals surface area contributed by atoms with Gasteiger partial charge in [0.2, 0.25) is 9.84 Å². The highest BCUT2D eigenvalue weighted by molar-refractivity contribution is 7.93. The van der Waals surface area contributed by atoms with Crippen molar-refractivity contribution in [2.75, 3.05) is 19.0 Å². The van der Waals surface area contributed by atoms with E-state index in [2.05, 4.69) is 9.97 Å². The largest absolute Gasteiger partial charge is 0.364 e. The predicted molar refractivity (Wildman–Crippen MR) is 74.6 cm³/mol. The number of carbonyl (C=O) groups is 1. The molecule has 106 valence electrons. The van der Waals surface area contributed by atoms with Crippen molar-refractivity contribution in [3.8, 4) is 0 Å². The van der Waals surface area contributed by atoms with Crippen LogP contribution in [0.2, 0.25) is 0 Å². The number of sulfone groups is 1. The summed E-state index contributed by atoms with van der Waals surface area (Å²) in [4.78, 5) is 20.4. The Balaban J connectivity index is 2.41. The first-order valence-electron chi connectivity index (χ1n) is 5.46. The standard InChI is InChI=1S/C11H12N4O3S2/c1-15(2)11-14-6-9(19-11)20(17,18)7-3-4-8(10(12)16)13-5-7/h3-6H,1-2H3,(H2,12,16). The molecule has 0 saturated heterocycles. The van der Waals surface area contributed by atoms with Gasteiger partial charge in [0.1, 0.15) is 9.90 Å². The van der Waals surface area contributed by atoms with Crippen molar-refractivity contribution in [3.63, 3.8) is 0 Å². The fraction of sp³-hybridized carbons (Fsp3) is 0.182. The van der Waals surface area contributed by atoms with Crippen LogP contribution < -0.4 is 10.6 Å². The molecule has 0 aromatic carbocycles. The van der Waals surface area contributed by atoms with Gasteiger partial charge >= 0.3 is 0 Å². The van der Waals surface area contributed by atoms with E-state index in [0.29, 0.717) is 5.13 Å². The quantitative estimate of drug-likeness (QED) is 0.883. The van der Waals surface area contributed by atoms with Crippen molar-refractivity contribution >= 4 is 32.2 Å². The zero-order valence-corrected chi connectivity index (χ0v) is 12.4.